The van der Waals surface area contributed by atoms with Crippen molar-refractivity contribution in [2.45, 2.75) is 6.54 Å². The third kappa shape index (κ3) is 8.30. The first-order chi connectivity index (χ1) is 12.9. The monoisotopic (exact) mass is 387 g/mol. The predicted octanol–water partition coefficient (Wildman–Crippen LogP) is 1.01. The largest absolute Gasteiger partial charge is 0.350 e. The smallest absolute Gasteiger partial charge is 0.239 e. The molecule has 0 radical (unpaired) electrons. The van der Waals surface area contributed by atoms with Crippen LogP contribution in [0.4, 0.5) is 0 Å². The van der Waals surface area contributed by atoms with E-state index >= 15 is 0 Å². The molecule has 27 heavy (non-hydrogen) atoms. The lowest BCUT2D eigenvalue weighted by Gasteiger charge is -2.07. The van der Waals surface area contributed by atoms with E-state index in [1.807, 2.05) is 36.4 Å². The zero-order chi connectivity index (χ0) is 19.5. The molecule has 2 rings (SSSR count). The Balaban J connectivity index is 1.69. The molecule has 3 N–H and O–H groups in total. The third-order valence-corrected chi connectivity index (χ3v) is 4.49. The van der Waals surface area contributed by atoms with Crippen LogP contribution in [0.5, 0.6) is 0 Å². The lowest BCUT2D eigenvalue weighted by molar-refractivity contribution is -0.125. The van der Waals surface area contributed by atoms with Gasteiger partial charge in [-0.3, -0.25) is 9.59 Å². The van der Waals surface area contributed by atoms with Gasteiger partial charge in [-0.1, -0.05) is 60.7 Å². The van der Waals surface area contributed by atoms with Gasteiger partial charge in [0.25, 0.3) is 0 Å². The van der Waals surface area contributed by atoms with Crippen LogP contribution in [0.25, 0.3) is 6.08 Å². The van der Waals surface area contributed by atoms with Gasteiger partial charge in [0.15, 0.2) is 0 Å². The van der Waals surface area contributed by atoms with E-state index in [-0.39, 0.29) is 12.5 Å². The zero-order valence-corrected chi connectivity index (χ0v) is 15.4. The average Bonchev–Trinajstić information content (AvgIpc) is 2.69. The van der Waals surface area contributed by atoms with E-state index in [2.05, 4.69) is 15.4 Å². The van der Waals surface area contributed by atoms with Crippen LogP contribution in [0.2, 0.25) is 0 Å². The lowest BCUT2D eigenvalue weighted by Crippen LogP contribution is -2.41. The summed E-state index contributed by atoms with van der Waals surface area (Å²) >= 11 is 0. The topological polar surface area (TPSA) is 104 Å². The number of nitrogens with one attached hydrogen (secondary N) is 3. The van der Waals surface area contributed by atoms with E-state index in [0.29, 0.717) is 6.54 Å². The van der Waals surface area contributed by atoms with Gasteiger partial charge in [-0.25, -0.2) is 13.1 Å². The van der Waals surface area contributed by atoms with E-state index in [9.17, 15) is 18.0 Å². The molecule has 2 aromatic rings. The van der Waals surface area contributed by atoms with Crippen molar-refractivity contribution in [3.63, 3.8) is 0 Å². The molecule has 0 unspecified atom stereocenters. The summed E-state index contributed by atoms with van der Waals surface area (Å²) in [5, 5.41) is 6.01. The number of sulfonamides is 1. The molecule has 8 heteroatoms. The minimum absolute atomic E-state index is 0.229. The number of hydrogen-bond donors (Lipinski definition) is 3. The maximum atomic E-state index is 11.8. The molecule has 0 aromatic heterocycles. The molecule has 142 valence electrons. The Morgan fingerprint density at radius 1 is 0.815 bits per heavy atom. The molecule has 0 aliphatic carbocycles. The fraction of sp³-hybridized carbons (Fsp3) is 0.158. The van der Waals surface area contributed by atoms with Gasteiger partial charge < -0.3 is 10.6 Å². The fourth-order valence-corrected chi connectivity index (χ4v) is 2.81. The summed E-state index contributed by atoms with van der Waals surface area (Å²) in [5.41, 5.74) is 1.66. The highest BCUT2D eigenvalue weighted by molar-refractivity contribution is 7.92. The van der Waals surface area contributed by atoms with Crippen molar-refractivity contribution in [2.75, 3.05) is 13.1 Å². The number of carbonyl (C=O) groups excluding carboxylic acids is 2. The first-order valence-electron chi connectivity index (χ1n) is 8.25. The molecule has 0 fully saturated rings. The second-order valence-electron chi connectivity index (χ2n) is 5.62. The van der Waals surface area contributed by atoms with E-state index in [1.165, 1.54) is 6.08 Å². The van der Waals surface area contributed by atoms with Crippen LogP contribution < -0.4 is 15.4 Å². The molecule has 0 bridgehead atoms. The van der Waals surface area contributed by atoms with Gasteiger partial charge in [0.2, 0.25) is 21.8 Å². The first kappa shape index (κ1) is 20.3. The summed E-state index contributed by atoms with van der Waals surface area (Å²) in [6, 6.07) is 18.3. The van der Waals surface area contributed by atoms with Gasteiger partial charge in [-0.15, -0.1) is 0 Å². The Bertz CT molecular complexity index is 882. The van der Waals surface area contributed by atoms with Crippen LogP contribution in [-0.2, 0) is 26.2 Å². The van der Waals surface area contributed by atoms with Crippen molar-refractivity contribution in [1.82, 2.24) is 15.4 Å². The minimum Gasteiger partial charge on any atom is -0.350 e. The maximum Gasteiger partial charge on any atom is 0.239 e. The molecule has 0 atom stereocenters. The molecule has 7 nitrogen and oxygen atoms in total. The van der Waals surface area contributed by atoms with Crippen LogP contribution in [0.3, 0.4) is 0 Å². The Morgan fingerprint density at radius 2 is 1.41 bits per heavy atom. The molecule has 2 amide bonds. The van der Waals surface area contributed by atoms with Crippen molar-refractivity contribution in [3.8, 4) is 0 Å². The molecule has 0 aliphatic heterocycles. The highest BCUT2D eigenvalue weighted by Crippen LogP contribution is 2.02. The second-order valence-corrected chi connectivity index (χ2v) is 7.27. The molecule has 0 aliphatic rings. The van der Waals surface area contributed by atoms with Crippen molar-refractivity contribution in [2.24, 2.45) is 0 Å². The molecular formula is C19H21N3O4S. The van der Waals surface area contributed by atoms with Crippen molar-refractivity contribution in [1.29, 1.82) is 0 Å². The summed E-state index contributed by atoms with van der Waals surface area (Å²) in [4.78, 5) is 23.4. The van der Waals surface area contributed by atoms with Crippen LogP contribution >= 0.6 is 0 Å². The zero-order valence-electron chi connectivity index (χ0n) is 14.6. The number of carbonyl (C=O) groups is 2. The van der Waals surface area contributed by atoms with Gasteiger partial charge in [-0.05, 0) is 17.2 Å². The molecule has 0 spiro atoms. The van der Waals surface area contributed by atoms with E-state index in [1.54, 1.807) is 24.3 Å². The number of benzene rings is 2. The average molecular weight is 387 g/mol. The molecule has 0 heterocycles. The number of hydrogen-bond acceptors (Lipinski definition) is 4. The maximum absolute atomic E-state index is 11.8. The SMILES string of the molecule is O=C(CNC(=O)CNS(=O)(=O)C=Cc1ccccc1)NCc1ccccc1. The summed E-state index contributed by atoms with van der Waals surface area (Å²) in [6.07, 6.45) is 1.43. The Morgan fingerprint density at radius 3 is 2.07 bits per heavy atom. The van der Waals surface area contributed by atoms with Crippen molar-refractivity contribution >= 4 is 27.9 Å². The van der Waals surface area contributed by atoms with Crippen molar-refractivity contribution in [3.05, 3.63) is 77.2 Å². The molecule has 0 saturated heterocycles. The minimum atomic E-state index is -3.75. The van der Waals surface area contributed by atoms with E-state index in [4.69, 9.17) is 0 Å². The van der Waals surface area contributed by atoms with Crippen LogP contribution in [0, 0.1) is 0 Å². The molecule has 0 saturated carbocycles. The van der Waals surface area contributed by atoms with Gasteiger partial charge in [-0.2, -0.15) is 0 Å². The highest BCUT2D eigenvalue weighted by atomic mass is 32.2. The third-order valence-electron chi connectivity index (χ3n) is 3.45. The van der Waals surface area contributed by atoms with Gasteiger partial charge >= 0.3 is 0 Å². The van der Waals surface area contributed by atoms with Gasteiger partial charge in [0.05, 0.1) is 13.1 Å². The Hall–Kier alpha value is -2.97. The fourth-order valence-electron chi connectivity index (χ4n) is 2.05. The molecular weight excluding hydrogens is 366 g/mol. The van der Waals surface area contributed by atoms with Crippen molar-refractivity contribution < 1.29 is 18.0 Å². The summed E-state index contributed by atoms with van der Waals surface area (Å²) < 4.78 is 25.8. The van der Waals surface area contributed by atoms with E-state index in [0.717, 1.165) is 16.5 Å². The first-order valence-corrected chi connectivity index (χ1v) is 9.79. The molecule has 2 aromatic carbocycles. The standard InChI is InChI=1S/C19H21N3O4S/c23-18(20-13-17-9-5-2-6-10-17)14-21-19(24)15-22-27(25,26)12-11-16-7-3-1-4-8-16/h1-12,22H,13-15H2,(H,20,23)(H,21,24). The van der Waals surface area contributed by atoms with E-state index < -0.39 is 22.5 Å². The van der Waals surface area contributed by atoms with Crippen LogP contribution in [-0.4, -0.2) is 33.3 Å². The van der Waals surface area contributed by atoms with Gasteiger partial charge in [0.1, 0.15) is 0 Å². The van der Waals surface area contributed by atoms with Gasteiger partial charge in [0, 0.05) is 12.0 Å². The lowest BCUT2D eigenvalue weighted by atomic mass is 10.2. The Labute approximate surface area is 158 Å². The second kappa shape index (κ2) is 10.2. The van der Waals surface area contributed by atoms with Crippen LogP contribution in [0.15, 0.2) is 66.1 Å². The number of rotatable bonds is 9. The highest BCUT2D eigenvalue weighted by Gasteiger charge is 2.10. The normalized spacial score (nSPS) is 11.3. The summed E-state index contributed by atoms with van der Waals surface area (Å²) in [7, 11) is -3.75. The quantitative estimate of drug-likeness (QED) is 0.597. The predicted molar refractivity (Wildman–Crippen MR) is 104 cm³/mol. The summed E-state index contributed by atoms with van der Waals surface area (Å²) in [5.74, 6) is -0.958. The number of amides is 2. The van der Waals surface area contributed by atoms with Crippen LogP contribution in [0.1, 0.15) is 11.1 Å². The summed E-state index contributed by atoms with van der Waals surface area (Å²) in [6.45, 7) is -0.326. The Kier molecular flexibility index (Phi) is 7.72.